The average Bonchev–Trinajstić information content (AvgIpc) is 3.11. The number of hydrazone groups is 1. The molecule has 4 rings (SSSR count). The van der Waals surface area contributed by atoms with Crippen molar-refractivity contribution in [3.63, 3.8) is 0 Å². The van der Waals surface area contributed by atoms with Gasteiger partial charge in [-0.05, 0) is 72.3 Å². The molecule has 0 saturated carbocycles. The van der Waals surface area contributed by atoms with Crippen LogP contribution in [0.25, 0.3) is 16.4 Å². The van der Waals surface area contributed by atoms with Crippen LogP contribution < -0.4 is 9.99 Å². The number of aryl methyl sites for hydroxylation is 2. The monoisotopic (exact) mass is 409 g/mol. The summed E-state index contributed by atoms with van der Waals surface area (Å²) < 4.78 is 15.2. The Kier molecular flexibility index (Phi) is 5.72. The molecule has 0 radical (unpaired) electrons. The molecule has 0 unspecified atom stereocenters. The Morgan fingerprint density at radius 3 is 2.76 bits per heavy atom. The summed E-state index contributed by atoms with van der Waals surface area (Å²) in [7, 11) is 0. The molecular formula is C23H26FN4S+. The van der Waals surface area contributed by atoms with E-state index in [1.54, 1.807) is 18.3 Å². The lowest BCUT2D eigenvalue weighted by Gasteiger charge is -2.10. The molecule has 0 saturated heterocycles. The van der Waals surface area contributed by atoms with Crippen molar-refractivity contribution in [3.05, 3.63) is 58.0 Å². The Morgan fingerprint density at radius 2 is 2.00 bits per heavy atom. The zero-order valence-corrected chi connectivity index (χ0v) is 17.9. The number of nitrogens with zero attached hydrogens (tertiary/aromatic N) is 3. The largest absolute Gasteiger partial charge is 0.294 e. The van der Waals surface area contributed by atoms with Crippen LogP contribution in [0.1, 0.15) is 49.6 Å². The molecule has 6 heteroatoms. The Labute approximate surface area is 174 Å². The Morgan fingerprint density at radius 1 is 1.24 bits per heavy atom. The normalized spacial score (nSPS) is 14.7. The molecule has 1 aliphatic rings. The highest BCUT2D eigenvalue weighted by Crippen LogP contribution is 2.37. The highest BCUT2D eigenvalue weighted by atomic mass is 32.1. The number of anilines is 1. The van der Waals surface area contributed by atoms with Crippen LogP contribution in [0.4, 0.5) is 10.2 Å². The van der Waals surface area contributed by atoms with Gasteiger partial charge >= 0.3 is 0 Å². The summed E-state index contributed by atoms with van der Waals surface area (Å²) in [5.74, 6) is 1.02. The first-order chi connectivity index (χ1) is 14.0. The maximum absolute atomic E-state index is 13.1. The lowest BCUT2D eigenvalue weighted by Crippen LogP contribution is -2.28. The van der Waals surface area contributed by atoms with Gasteiger partial charge in [-0.1, -0.05) is 37.3 Å². The van der Waals surface area contributed by atoms with Gasteiger partial charge in [-0.2, -0.15) is 9.67 Å². The number of aromatic nitrogens is 2. The lowest BCUT2D eigenvalue weighted by molar-refractivity contribution is -0.540. The van der Waals surface area contributed by atoms with Gasteiger partial charge in [-0.25, -0.2) is 9.82 Å². The molecule has 3 aromatic rings. The van der Waals surface area contributed by atoms with Crippen LogP contribution in [-0.2, 0) is 12.8 Å². The average molecular weight is 410 g/mol. The second-order valence-corrected chi connectivity index (χ2v) is 8.92. The second kappa shape index (κ2) is 8.41. The predicted molar refractivity (Wildman–Crippen MR) is 119 cm³/mol. The van der Waals surface area contributed by atoms with E-state index in [2.05, 4.69) is 47.0 Å². The first-order valence-electron chi connectivity index (χ1n) is 10.1. The van der Waals surface area contributed by atoms with Gasteiger partial charge in [0, 0.05) is 4.88 Å². The molecule has 0 amide bonds. The van der Waals surface area contributed by atoms with Crippen LogP contribution in [0.15, 0.2) is 41.3 Å². The van der Waals surface area contributed by atoms with Crippen LogP contribution >= 0.6 is 11.3 Å². The lowest BCUT2D eigenvalue weighted by atomic mass is 9.97. The van der Waals surface area contributed by atoms with Gasteiger partial charge in [0.2, 0.25) is 4.83 Å². The van der Waals surface area contributed by atoms with Gasteiger partial charge in [0.1, 0.15) is 11.2 Å². The number of benzene rings is 1. The van der Waals surface area contributed by atoms with E-state index in [-0.39, 0.29) is 5.82 Å². The van der Waals surface area contributed by atoms with Gasteiger partial charge in [-0.15, -0.1) is 0 Å². The molecule has 0 atom stereocenters. The van der Waals surface area contributed by atoms with E-state index in [1.165, 1.54) is 51.2 Å². The van der Waals surface area contributed by atoms with Crippen LogP contribution in [0.3, 0.4) is 0 Å². The fraction of sp³-hybridized carbons (Fsp3) is 0.348. The third-order valence-electron chi connectivity index (χ3n) is 5.44. The van der Waals surface area contributed by atoms with Crippen molar-refractivity contribution in [2.24, 2.45) is 11.0 Å². The minimum Gasteiger partial charge on any atom is -0.240 e. The zero-order valence-electron chi connectivity index (χ0n) is 17.1. The van der Waals surface area contributed by atoms with E-state index < -0.39 is 0 Å². The number of hydrogen-bond acceptors (Lipinski definition) is 4. The van der Waals surface area contributed by atoms with Crippen molar-refractivity contribution < 1.29 is 8.96 Å². The van der Waals surface area contributed by atoms with Crippen molar-refractivity contribution in [3.8, 4) is 0 Å². The topological polar surface area (TPSA) is 41.2 Å². The van der Waals surface area contributed by atoms with E-state index in [9.17, 15) is 4.39 Å². The predicted octanol–water partition coefficient (Wildman–Crippen LogP) is 5.56. The molecule has 4 nitrogen and oxygen atoms in total. The summed E-state index contributed by atoms with van der Waals surface area (Å²) in [6.07, 6.45) is 10.4. The quantitative estimate of drug-likeness (QED) is 0.340. The smallest absolute Gasteiger partial charge is 0.240 e. The van der Waals surface area contributed by atoms with Gasteiger partial charge in [-0.3, -0.25) is 0 Å². The van der Waals surface area contributed by atoms with Gasteiger partial charge in [0.05, 0.1) is 12.4 Å². The number of fused-ring (bicyclic) bond motifs is 3. The molecule has 1 aliphatic carbocycles. The summed E-state index contributed by atoms with van der Waals surface area (Å²) in [5, 5.41) is 5.54. The first kappa shape index (κ1) is 19.7. The standard InChI is InChI=1S/C23H25FN4S/c1-15(2)16(3)13-28-14-25-22(27-26-12-17-8-10-18(24)11-9-17)21-19-6-4-5-7-20(19)29-23(21)28/h8-15H,4-7H2,1-3H3/p+1. The number of nitrogens with one attached hydrogen (secondary N) is 1. The van der Waals surface area contributed by atoms with Crippen molar-refractivity contribution in [2.45, 2.75) is 46.5 Å². The second-order valence-electron chi connectivity index (χ2n) is 7.84. The van der Waals surface area contributed by atoms with Crippen LogP contribution in [-0.4, -0.2) is 11.2 Å². The molecule has 150 valence electrons. The Bertz CT molecular complexity index is 1080. The summed E-state index contributed by atoms with van der Waals surface area (Å²) in [5.41, 5.74) is 6.69. The number of hydrogen-bond donors (Lipinski definition) is 1. The molecule has 2 aromatic heterocycles. The molecule has 1 N–H and O–H groups in total. The minimum atomic E-state index is -0.249. The van der Waals surface area contributed by atoms with Crippen LogP contribution in [0.5, 0.6) is 0 Å². The van der Waals surface area contributed by atoms with Gasteiger partial charge in [0.25, 0.3) is 12.1 Å². The highest BCUT2D eigenvalue weighted by molar-refractivity contribution is 7.18. The van der Waals surface area contributed by atoms with E-state index in [0.717, 1.165) is 24.2 Å². The first-order valence-corrected chi connectivity index (χ1v) is 10.9. The van der Waals surface area contributed by atoms with Crippen molar-refractivity contribution >= 4 is 39.8 Å². The van der Waals surface area contributed by atoms with E-state index in [0.29, 0.717) is 5.92 Å². The zero-order chi connectivity index (χ0) is 20.4. The summed E-state index contributed by atoms with van der Waals surface area (Å²) in [6.45, 7) is 6.57. The van der Waals surface area contributed by atoms with E-state index in [4.69, 9.17) is 0 Å². The summed E-state index contributed by atoms with van der Waals surface area (Å²) in [4.78, 5) is 7.37. The number of allylic oxidation sites excluding steroid dienone is 1. The summed E-state index contributed by atoms with van der Waals surface area (Å²) in [6, 6.07) is 6.27. The number of thiophene rings is 1. The molecule has 0 aliphatic heterocycles. The molecule has 29 heavy (non-hydrogen) atoms. The fourth-order valence-electron chi connectivity index (χ4n) is 3.48. The maximum Gasteiger partial charge on any atom is 0.294 e. The van der Waals surface area contributed by atoms with Crippen LogP contribution in [0.2, 0.25) is 0 Å². The minimum absolute atomic E-state index is 0.249. The molecular weight excluding hydrogens is 383 g/mol. The highest BCUT2D eigenvalue weighted by Gasteiger charge is 2.25. The third-order valence-corrected chi connectivity index (χ3v) is 6.75. The number of halogens is 1. The maximum atomic E-state index is 13.1. The summed E-state index contributed by atoms with van der Waals surface area (Å²) >= 11 is 1.87. The molecule has 1 aromatic carbocycles. The Hall–Kier alpha value is -2.60. The van der Waals surface area contributed by atoms with Crippen molar-refractivity contribution in [1.29, 1.82) is 0 Å². The van der Waals surface area contributed by atoms with Crippen molar-refractivity contribution in [1.82, 2.24) is 4.98 Å². The van der Waals surface area contributed by atoms with E-state index in [1.807, 2.05) is 17.7 Å². The third kappa shape index (κ3) is 4.22. The molecule has 2 heterocycles. The van der Waals surface area contributed by atoms with Crippen molar-refractivity contribution in [2.75, 3.05) is 5.43 Å². The molecule has 0 spiro atoms. The molecule has 0 bridgehead atoms. The van der Waals surface area contributed by atoms with Gasteiger partial charge in [0.15, 0.2) is 0 Å². The SMILES string of the molecule is CC(=C[n+]1cnc(NN=Cc2ccc(F)cc2)c2c3c(sc21)CCCC3)C(C)C. The molecule has 0 fully saturated rings. The van der Waals surface area contributed by atoms with E-state index >= 15 is 0 Å². The van der Waals surface area contributed by atoms with Gasteiger partial charge < -0.3 is 0 Å². The van der Waals surface area contributed by atoms with Crippen LogP contribution in [0, 0.1) is 11.7 Å². The Balaban J connectivity index is 1.73. The fourth-order valence-corrected chi connectivity index (χ4v) is 4.81. The number of rotatable bonds is 5.